The fourth-order valence-corrected chi connectivity index (χ4v) is 9.20. The molecule has 0 N–H and O–H groups in total. The normalized spacial score (nSPS) is 17.0. The molecule has 0 saturated carbocycles. The maximum Gasteiger partial charge on any atom is 0.178 e. The summed E-state index contributed by atoms with van der Waals surface area (Å²) < 4.78 is 12.7. The molecule has 54 heavy (non-hydrogen) atoms. The molecule has 252 valence electrons. The fraction of sp³-hybridized carbons (Fsp3) is 0.0385. The predicted molar refractivity (Wildman–Crippen MR) is 227 cm³/mol. The monoisotopic (exact) mass is 688 g/mol. The average Bonchev–Trinajstić information content (AvgIpc) is 3.80. The van der Waals surface area contributed by atoms with Crippen molar-refractivity contribution in [1.82, 2.24) is 0 Å². The highest BCUT2D eigenvalue weighted by Gasteiger charge is 2.25. The number of benzene rings is 8. The number of rotatable bonds is 3. The topological polar surface area (TPSA) is 26.3 Å². The maximum atomic E-state index is 6.44. The van der Waals surface area contributed by atoms with E-state index in [0.717, 1.165) is 43.9 Å². The highest BCUT2D eigenvalue weighted by Crippen LogP contribution is 2.46. The van der Waals surface area contributed by atoms with Gasteiger partial charge < -0.3 is 8.83 Å². The molecule has 2 aliphatic rings. The Hall–Kier alpha value is -6.90. The Bertz CT molecular complexity index is 3280. The average molecular weight is 689 g/mol. The summed E-state index contributed by atoms with van der Waals surface area (Å²) >= 11 is 0. The lowest BCUT2D eigenvalue weighted by molar-refractivity contribution is 0.633. The Morgan fingerprint density at radius 2 is 0.889 bits per heavy atom. The van der Waals surface area contributed by atoms with Gasteiger partial charge >= 0.3 is 0 Å². The van der Waals surface area contributed by atoms with Crippen LogP contribution < -0.4 is 0 Å². The molecule has 0 radical (unpaired) electrons. The van der Waals surface area contributed by atoms with Crippen LogP contribution >= 0.6 is 0 Å². The summed E-state index contributed by atoms with van der Waals surface area (Å²) in [5, 5.41) is 12.0. The Kier molecular flexibility index (Phi) is 6.20. The van der Waals surface area contributed by atoms with Crippen LogP contribution in [0.5, 0.6) is 0 Å². The van der Waals surface area contributed by atoms with Gasteiger partial charge in [0.2, 0.25) is 0 Å². The first-order valence-electron chi connectivity index (χ1n) is 18.8. The molecule has 2 atom stereocenters. The summed E-state index contributed by atoms with van der Waals surface area (Å²) in [7, 11) is 0. The molecule has 0 amide bonds. The Labute approximate surface area is 311 Å². The Morgan fingerprint density at radius 3 is 1.61 bits per heavy atom. The SMILES string of the molecule is C1=CC2C=C(c3c4ccccc4c(-c4ccc5ccccc5c4)c4ccccc34)C=CC2C=C1c1ccc2oc3c(ccc4c5ccccc5oc43)c2c1. The van der Waals surface area contributed by atoms with E-state index in [9.17, 15) is 0 Å². The molecule has 12 rings (SSSR count). The molecule has 8 aromatic carbocycles. The van der Waals surface area contributed by atoms with Crippen molar-refractivity contribution in [2.45, 2.75) is 0 Å². The molecule has 0 spiro atoms. The predicted octanol–water partition coefficient (Wildman–Crippen LogP) is 14.5. The zero-order chi connectivity index (χ0) is 35.3. The molecule has 2 heterocycles. The van der Waals surface area contributed by atoms with Crippen molar-refractivity contribution in [3.63, 3.8) is 0 Å². The zero-order valence-corrected chi connectivity index (χ0v) is 29.3. The van der Waals surface area contributed by atoms with Crippen molar-refractivity contribution >= 4 is 87.3 Å². The molecule has 0 fully saturated rings. The molecule has 2 aliphatic carbocycles. The van der Waals surface area contributed by atoms with Gasteiger partial charge in [-0.25, -0.2) is 0 Å². The first-order valence-corrected chi connectivity index (χ1v) is 18.8. The highest BCUT2D eigenvalue weighted by atomic mass is 16.4. The van der Waals surface area contributed by atoms with Gasteiger partial charge in [0.25, 0.3) is 0 Å². The molecule has 2 heteroatoms. The van der Waals surface area contributed by atoms with Crippen LogP contribution in [-0.2, 0) is 0 Å². The largest absolute Gasteiger partial charge is 0.452 e. The summed E-state index contributed by atoms with van der Waals surface area (Å²) in [4.78, 5) is 0. The van der Waals surface area contributed by atoms with E-state index in [1.54, 1.807) is 0 Å². The first kappa shape index (κ1) is 29.7. The second-order valence-corrected chi connectivity index (χ2v) is 14.8. The van der Waals surface area contributed by atoms with Crippen LogP contribution in [0.15, 0.2) is 191 Å². The molecule has 10 aromatic rings. The number of hydrogen-bond donors (Lipinski definition) is 0. The van der Waals surface area contributed by atoms with Gasteiger partial charge in [0.05, 0.1) is 0 Å². The van der Waals surface area contributed by atoms with Gasteiger partial charge in [-0.1, -0.05) is 146 Å². The number of allylic oxidation sites excluding steroid dienone is 8. The van der Waals surface area contributed by atoms with E-state index in [2.05, 4.69) is 170 Å². The van der Waals surface area contributed by atoms with Gasteiger partial charge in [-0.3, -0.25) is 0 Å². The minimum Gasteiger partial charge on any atom is -0.452 e. The van der Waals surface area contributed by atoms with E-state index in [1.165, 1.54) is 65.7 Å². The zero-order valence-electron chi connectivity index (χ0n) is 29.3. The minimum absolute atomic E-state index is 0.270. The Balaban J connectivity index is 0.932. The standard InChI is InChI=1S/C52H32O2/c1-2-10-32-28-37(21-17-31(32)9-1)49-40-12-3-5-14-42(40)50(43-15-6-4-13-41(43)49)38-22-20-33-27-34(18-19-35(33)29-38)36-23-26-48-46(30-36)45-25-24-44-39-11-7-8-16-47(39)53-51(44)52(45)54-48/h1-30,33,35H. The van der Waals surface area contributed by atoms with E-state index in [0.29, 0.717) is 0 Å². The summed E-state index contributed by atoms with van der Waals surface area (Å²) in [6.45, 7) is 0. The van der Waals surface area contributed by atoms with Crippen LogP contribution in [0.4, 0.5) is 0 Å². The Morgan fingerprint density at radius 1 is 0.352 bits per heavy atom. The van der Waals surface area contributed by atoms with Crippen LogP contribution in [0.1, 0.15) is 11.1 Å². The van der Waals surface area contributed by atoms with E-state index in [1.807, 2.05) is 12.1 Å². The first-order chi connectivity index (χ1) is 26.7. The number of furan rings is 2. The second-order valence-electron chi connectivity index (χ2n) is 14.8. The molecule has 0 saturated heterocycles. The van der Waals surface area contributed by atoms with E-state index >= 15 is 0 Å². The van der Waals surface area contributed by atoms with Crippen LogP contribution in [0.2, 0.25) is 0 Å². The number of hydrogen-bond acceptors (Lipinski definition) is 2. The van der Waals surface area contributed by atoms with Crippen LogP contribution in [0, 0.1) is 11.8 Å². The maximum absolute atomic E-state index is 6.44. The highest BCUT2D eigenvalue weighted by molar-refractivity contribution is 6.21. The fourth-order valence-electron chi connectivity index (χ4n) is 9.20. The molecule has 0 aliphatic heterocycles. The van der Waals surface area contributed by atoms with Crippen LogP contribution in [0.3, 0.4) is 0 Å². The summed E-state index contributed by atoms with van der Waals surface area (Å²) in [5.41, 5.74) is 10.9. The third kappa shape index (κ3) is 4.34. The van der Waals surface area contributed by atoms with Gasteiger partial charge in [0.15, 0.2) is 11.2 Å². The van der Waals surface area contributed by atoms with Crippen LogP contribution in [0.25, 0.3) is 98.5 Å². The lowest BCUT2D eigenvalue weighted by Crippen LogP contribution is -2.13. The quantitative estimate of drug-likeness (QED) is 0.173. The van der Waals surface area contributed by atoms with Gasteiger partial charge in [0.1, 0.15) is 11.2 Å². The van der Waals surface area contributed by atoms with E-state index in [-0.39, 0.29) is 11.8 Å². The summed E-state index contributed by atoms with van der Waals surface area (Å²) in [6.07, 6.45) is 14.3. The van der Waals surface area contributed by atoms with Gasteiger partial charge in [0, 0.05) is 33.4 Å². The van der Waals surface area contributed by atoms with Crippen molar-refractivity contribution in [3.05, 3.63) is 193 Å². The molecule has 2 unspecified atom stereocenters. The third-order valence-electron chi connectivity index (χ3n) is 11.8. The van der Waals surface area contributed by atoms with Gasteiger partial charge in [-0.05, 0) is 102 Å². The summed E-state index contributed by atoms with van der Waals surface area (Å²) in [6, 6.07) is 52.5. The second kappa shape index (κ2) is 11.3. The molecular formula is C52H32O2. The van der Waals surface area contributed by atoms with Gasteiger partial charge in [-0.2, -0.15) is 0 Å². The van der Waals surface area contributed by atoms with Crippen molar-refractivity contribution in [1.29, 1.82) is 0 Å². The van der Waals surface area contributed by atoms with Crippen molar-refractivity contribution in [3.8, 4) is 11.1 Å². The van der Waals surface area contributed by atoms with E-state index in [4.69, 9.17) is 8.83 Å². The van der Waals surface area contributed by atoms with E-state index < -0.39 is 0 Å². The molecule has 2 nitrogen and oxygen atoms in total. The molecule has 0 bridgehead atoms. The van der Waals surface area contributed by atoms with Crippen molar-refractivity contribution < 1.29 is 8.83 Å². The van der Waals surface area contributed by atoms with Crippen LogP contribution in [-0.4, -0.2) is 0 Å². The smallest absolute Gasteiger partial charge is 0.178 e. The van der Waals surface area contributed by atoms with Crippen molar-refractivity contribution in [2.75, 3.05) is 0 Å². The van der Waals surface area contributed by atoms with Gasteiger partial charge in [-0.15, -0.1) is 0 Å². The lowest BCUT2D eigenvalue weighted by Gasteiger charge is -2.27. The lowest BCUT2D eigenvalue weighted by atomic mass is 9.77. The molecular weight excluding hydrogens is 657 g/mol. The minimum atomic E-state index is 0.270. The third-order valence-corrected chi connectivity index (χ3v) is 11.8. The molecule has 2 aromatic heterocycles. The van der Waals surface area contributed by atoms with Crippen molar-refractivity contribution in [2.24, 2.45) is 11.8 Å². The number of para-hydroxylation sites is 1. The summed E-state index contributed by atoms with van der Waals surface area (Å²) in [5.74, 6) is 0.543. The number of fused-ring (bicyclic) bond motifs is 11.